The lowest BCUT2D eigenvalue weighted by Crippen LogP contribution is -2.28. The van der Waals surface area contributed by atoms with Crippen molar-refractivity contribution < 1.29 is 8.83 Å². The molecule has 0 amide bonds. The van der Waals surface area contributed by atoms with Crippen LogP contribution in [0.3, 0.4) is 0 Å². The summed E-state index contributed by atoms with van der Waals surface area (Å²) in [6.07, 6.45) is 0. The zero-order valence-electron chi connectivity index (χ0n) is 28.6. The van der Waals surface area contributed by atoms with Crippen molar-refractivity contribution in [3.8, 4) is 0 Å². The number of hydrogen-bond acceptors (Lipinski definition) is 2. The molecule has 2 nitrogen and oxygen atoms in total. The maximum Gasteiger partial charge on any atom is 0.136 e. The molecular weight excluding hydrogens is 712 g/mol. The Morgan fingerprint density at radius 1 is 0.302 bits per heavy atom. The molecule has 8 aromatic carbocycles. The van der Waals surface area contributed by atoms with E-state index in [2.05, 4.69) is 204 Å². The van der Waals surface area contributed by atoms with Crippen LogP contribution >= 0.6 is 15.9 Å². The summed E-state index contributed by atoms with van der Waals surface area (Å²) in [5.41, 5.74) is 13.5. The SMILES string of the molecule is Brc1cc2c3c(c1)oc1cccc(c13)C2(c1ccccc1)c1ccccc1.c1ccc(C2(c3ccccc3)c3cccc4oc5cccc2c5c34)cc1. The molecule has 0 aliphatic heterocycles. The zero-order valence-corrected chi connectivity index (χ0v) is 30.2. The summed E-state index contributed by atoms with van der Waals surface area (Å²) in [6, 6.07) is 67.0. The van der Waals surface area contributed by atoms with Crippen LogP contribution in [0.15, 0.2) is 201 Å². The Labute approximate surface area is 315 Å². The number of furan rings is 2. The van der Waals surface area contributed by atoms with E-state index in [4.69, 9.17) is 8.83 Å². The lowest BCUT2D eigenvalue weighted by atomic mass is 9.67. The largest absolute Gasteiger partial charge is 0.456 e. The fraction of sp³-hybridized carbons (Fsp3) is 0.0400. The monoisotopic (exact) mass is 742 g/mol. The molecule has 0 spiro atoms. The molecule has 2 heterocycles. The third kappa shape index (κ3) is 4.03. The van der Waals surface area contributed by atoms with Gasteiger partial charge in [0, 0.05) is 26.0 Å². The minimum Gasteiger partial charge on any atom is -0.456 e. The molecule has 3 heteroatoms. The highest BCUT2D eigenvalue weighted by atomic mass is 79.9. The summed E-state index contributed by atoms with van der Waals surface area (Å²) >= 11 is 3.72. The summed E-state index contributed by atoms with van der Waals surface area (Å²) in [5.74, 6) is 0. The number of benzene rings is 8. The molecule has 2 aromatic heterocycles. The highest BCUT2D eigenvalue weighted by molar-refractivity contribution is 9.10. The molecule has 0 fully saturated rings. The van der Waals surface area contributed by atoms with E-state index >= 15 is 0 Å². The number of halogens is 1. The standard InChI is InChI=1S/C25H15BrO.C25H16O/c26-18-14-20-24-22(15-18)27-21-13-7-12-19(23(21)24)25(20,16-8-3-1-4-9-16)17-10-5-2-6-11-17;1-3-9-17(10-4-1)25(18-11-5-2-6-12-18)19-13-7-15-21-23(19)24-20(25)14-8-16-22(24)26-21/h1-15H;1-16H. The number of rotatable bonds is 4. The van der Waals surface area contributed by atoms with Crippen molar-refractivity contribution >= 4 is 59.8 Å². The van der Waals surface area contributed by atoms with E-state index in [9.17, 15) is 0 Å². The average Bonchev–Trinajstić information content (AvgIpc) is 3.96. The maximum atomic E-state index is 6.19. The van der Waals surface area contributed by atoms with Gasteiger partial charge in [-0.2, -0.15) is 0 Å². The Morgan fingerprint density at radius 2 is 0.623 bits per heavy atom. The lowest BCUT2D eigenvalue weighted by Gasteiger charge is -2.34. The van der Waals surface area contributed by atoms with Crippen molar-refractivity contribution in [3.63, 3.8) is 0 Å². The molecule has 53 heavy (non-hydrogen) atoms. The molecule has 0 bridgehead atoms. The highest BCUT2D eigenvalue weighted by Crippen LogP contribution is 2.58. The smallest absolute Gasteiger partial charge is 0.136 e. The Balaban J connectivity index is 0.000000125. The van der Waals surface area contributed by atoms with Gasteiger partial charge >= 0.3 is 0 Å². The first-order chi connectivity index (χ1) is 26.2. The molecule has 2 aliphatic rings. The molecule has 12 rings (SSSR count). The molecular formula is C50H31BrO2. The van der Waals surface area contributed by atoms with Crippen LogP contribution < -0.4 is 0 Å². The second-order valence-corrected chi connectivity index (χ2v) is 14.9. The summed E-state index contributed by atoms with van der Waals surface area (Å²) < 4.78 is 13.4. The second-order valence-electron chi connectivity index (χ2n) is 14.0. The fourth-order valence-electron chi connectivity index (χ4n) is 9.63. The Kier molecular flexibility index (Phi) is 6.56. The Morgan fingerprint density at radius 3 is 1.00 bits per heavy atom. The second kappa shape index (κ2) is 11.4. The van der Waals surface area contributed by atoms with Crippen LogP contribution in [-0.4, -0.2) is 0 Å². The van der Waals surface area contributed by atoms with Crippen LogP contribution in [0.2, 0.25) is 0 Å². The van der Waals surface area contributed by atoms with Gasteiger partial charge in [0.2, 0.25) is 0 Å². The summed E-state index contributed by atoms with van der Waals surface area (Å²) in [6.45, 7) is 0. The van der Waals surface area contributed by atoms with Crippen molar-refractivity contribution in [2.24, 2.45) is 0 Å². The molecule has 250 valence electrons. The summed E-state index contributed by atoms with van der Waals surface area (Å²) in [4.78, 5) is 0. The van der Waals surface area contributed by atoms with Crippen LogP contribution in [0.5, 0.6) is 0 Å². The van der Waals surface area contributed by atoms with Crippen LogP contribution in [0.25, 0.3) is 43.9 Å². The molecule has 0 saturated carbocycles. The van der Waals surface area contributed by atoms with E-state index < -0.39 is 0 Å². The fourth-order valence-corrected chi connectivity index (χ4v) is 10.1. The van der Waals surface area contributed by atoms with Crippen molar-refractivity contribution in [1.82, 2.24) is 0 Å². The summed E-state index contributed by atoms with van der Waals surface area (Å²) in [5, 5.41) is 4.98. The van der Waals surface area contributed by atoms with Gasteiger partial charge in [-0.3, -0.25) is 0 Å². The van der Waals surface area contributed by atoms with Gasteiger partial charge in [0.25, 0.3) is 0 Å². The molecule has 0 radical (unpaired) electrons. The molecule has 0 atom stereocenters. The van der Waals surface area contributed by atoms with Gasteiger partial charge in [0.15, 0.2) is 0 Å². The van der Waals surface area contributed by atoms with Gasteiger partial charge in [0.1, 0.15) is 22.3 Å². The molecule has 0 saturated heterocycles. The van der Waals surface area contributed by atoms with E-state index in [0.29, 0.717) is 0 Å². The normalized spacial score (nSPS) is 14.4. The summed E-state index contributed by atoms with van der Waals surface area (Å²) in [7, 11) is 0. The molecule has 0 unspecified atom stereocenters. The van der Waals surface area contributed by atoms with E-state index in [1.165, 1.54) is 66.1 Å². The van der Waals surface area contributed by atoms with E-state index in [-0.39, 0.29) is 10.8 Å². The van der Waals surface area contributed by atoms with E-state index in [1.54, 1.807) is 0 Å². The van der Waals surface area contributed by atoms with Crippen LogP contribution in [0.4, 0.5) is 0 Å². The lowest BCUT2D eigenvalue weighted by molar-refractivity contribution is 0.663. The van der Waals surface area contributed by atoms with Gasteiger partial charge in [-0.05, 0) is 74.8 Å². The van der Waals surface area contributed by atoms with E-state index in [1.807, 2.05) is 0 Å². The van der Waals surface area contributed by atoms with Crippen LogP contribution in [0, 0.1) is 0 Å². The van der Waals surface area contributed by atoms with Crippen molar-refractivity contribution in [3.05, 3.63) is 237 Å². The highest BCUT2D eigenvalue weighted by Gasteiger charge is 2.47. The minimum atomic E-state index is -0.342. The van der Waals surface area contributed by atoms with E-state index in [0.717, 1.165) is 26.8 Å². The molecule has 0 N–H and O–H groups in total. The minimum absolute atomic E-state index is 0.303. The van der Waals surface area contributed by atoms with Crippen molar-refractivity contribution in [1.29, 1.82) is 0 Å². The third-order valence-electron chi connectivity index (χ3n) is 11.5. The number of hydrogen-bond donors (Lipinski definition) is 0. The molecule has 10 aromatic rings. The third-order valence-corrected chi connectivity index (χ3v) is 12.0. The van der Waals surface area contributed by atoms with Crippen LogP contribution in [-0.2, 0) is 10.8 Å². The van der Waals surface area contributed by atoms with Crippen molar-refractivity contribution in [2.45, 2.75) is 10.8 Å². The topological polar surface area (TPSA) is 26.3 Å². The quantitative estimate of drug-likeness (QED) is 0.179. The maximum absolute atomic E-state index is 6.19. The Hall–Kier alpha value is -6.16. The van der Waals surface area contributed by atoms with Crippen LogP contribution in [0.1, 0.15) is 44.5 Å². The van der Waals surface area contributed by atoms with Gasteiger partial charge in [-0.25, -0.2) is 0 Å². The average molecular weight is 744 g/mol. The van der Waals surface area contributed by atoms with Gasteiger partial charge in [-0.1, -0.05) is 174 Å². The van der Waals surface area contributed by atoms with Gasteiger partial charge in [0.05, 0.1) is 10.8 Å². The Bertz CT molecular complexity index is 2860. The first kappa shape index (κ1) is 30.5. The first-order valence-electron chi connectivity index (χ1n) is 18.0. The molecule has 2 aliphatic carbocycles. The predicted octanol–water partition coefficient (Wildman–Crippen LogP) is 13.3. The van der Waals surface area contributed by atoms with Crippen molar-refractivity contribution in [2.75, 3.05) is 0 Å². The zero-order chi connectivity index (χ0) is 35.1. The predicted molar refractivity (Wildman–Crippen MR) is 219 cm³/mol. The van der Waals surface area contributed by atoms with Gasteiger partial charge < -0.3 is 8.83 Å². The van der Waals surface area contributed by atoms with Gasteiger partial charge in [-0.15, -0.1) is 0 Å². The first-order valence-corrected chi connectivity index (χ1v) is 18.8.